The Morgan fingerprint density at radius 2 is 1.94 bits per heavy atom. The number of benzene rings is 1. The van der Waals surface area contributed by atoms with Crippen molar-refractivity contribution in [3.8, 4) is 0 Å². The van der Waals surface area contributed by atoms with Gasteiger partial charge in [-0.1, -0.05) is 31.5 Å². The second-order valence-corrected chi connectivity index (χ2v) is 5.82. The number of hydrogen-bond donors (Lipinski definition) is 1. The van der Waals surface area contributed by atoms with E-state index in [1.54, 1.807) is 0 Å². The SMILES string of the molecule is CC(C)CC(C)N(C)c1ccc(CCN)cc1Cl. The Hall–Kier alpha value is -0.730. The summed E-state index contributed by atoms with van der Waals surface area (Å²) in [4.78, 5) is 2.26. The van der Waals surface area contributed by atoms with Gasteiger partial charge in [0.2, 0.25) is 0 Å². The molecule has 1 atom stereocenters. The Balaban J connectivity index is 2.82. The van der Waals surface area contributed by atoms with Crippen molar-refractivity contribution in [3.05, 3.63) is 28.8 Å². The molecule has 0 amide bonds. The maximum absolute atomic E-state index is 6.36. The summed E-state index contributed by atoms with van der Waals surface area (Å²) in [6, 6.07) is 6.74. The molecule has 0 radical (unpaired) electrons. The largest absolute Gasteiger partial charge is 0.371 e. The first-order valence-electron chi connectivity index (χ1n) is 6.67. The van der Waals surface area contributed by atoms with Crippen molar-refractivity contribution in [3.63, 3.8) is 0 Å². The molecule has 0 spiro atoms. The van der Waals surface area contributed by atoms with Gasteiger partial charge in [-0.15, -0.1) is 0 Å². The lowest BCUT2D eigenvalue weighted by atomic mass is 10.0. The molecule has 2 nitrogen and oxygen atoms in total. The first-order valence-corrected chi connectivity index (χ1v) is 7.04. The zero-order chi connectivity index (χ0) is 13.7. The summed E-state index contributed by atoms with van der Waals surface area (Å²) >= 11 is 6.36. The third-order valence-electron chi connectivity index (χ3n) is 3.30. The standard InChI is InChI=1S/C15H25ClN2/c1-11(2)9-12(3)18(4)15-6-5-13(7-8-17)10-14(15)16/h5-6,10-12H,7-9,17H2,1-4H3. The van der Waals surface area contributed by atoms with Gasteiger partial charge in [-0.25, -0.2) is 0 Å². The van der Waals surface area contributed by atoms with E-state index in [4.69, 9.17) is 17.3 Å². The van der Waals surface area contributed by atoms with E-state index in [0.29, 0.717) is 18.5 Å². The molecule has 0 fully saturated rings. The average molecular weight is 269 g/mol. The van der Waals surface area contributed by atoms with E-state index in [0.717, 1.165) is 23.6 Å². The van der Waals surface area contributed by atoms with Crippen LogP contribution in [0, 0.1) is 5.92 Å². The van der Waals surface area contributed by atoms with Crippen LogP contribution in [0.25, 0.3) is 0 Å². The summed E-state index contributed by atoms with van der Waals surface area (Å²) in [5.74, 6) is 0.692. The zero-order valence-electron chi connectivity index (χ0n) is 11.9. The Morgan fingerprint density at radius 3 is 2.44 bits per heavy atom. The van der Waals surface area contributed by atoms with Gasteiger partial charge in [0, 0.05) is 13.1 Å². The minimum Gasteiger partial charge on any atom is -0.371 e. The van der Waals surface area contributed by atoms with E-state index in [1.807, 2.05) is 6.07 Å². The number of nitrogens with two attached hydrogens (primary N) is 1. The van der Waals surface area contributed by atoms with Gasteiger partial charge in [0.1, 0.15) is 0 Å². The van der Waals surface area contributed by atoms with Crippen molar-refractivity contribution in [1.82, 2.24) is 0 Å². The maximum atomic E-state index is 6.36. The lowest BCUT2D eigenvalue weighted by molar-refractivity contribution is 0.504. The summed E-state index contributed by atoms with van der Waals surface area (Å²) in [5.41, 5.74) is 7.87. The van der Waals surface area contributed by atoms with Crippen LogP contribution in [0.4, 0.5) is 5.69 Å². The van der Waals surface area contributed by atoms with Crippen molar-refractivity contribution in [1.29, 1.82) is 0 Å². The quantitative estimate of drug-likeness (QED) is 0.852. The van der Waals surface area contributed by atoms with Gasteiger partial charge in [-0.2, -0.15) is 0 Å². The molecule has 2 N–H and O–H groups in total. The number of rotatable bonds is 6. The molecular weight excluding hydrogens is 244 g/mol. The molecule has 102 valence electrons. The highest BCUT2D eigenvalue weighted by Crippen LogP contribution is 2.28. The van der Waals surface area contributed by atoms with Crippen molar-refractivity contribution in [2.24, 2.45) is 11.7 Å². The number of halogens is 1. The molecule has 18 heavy (non-hydrogen) atoms. The van der Waals surface area contributed by atoms with Crippen molar-refractivity contribution < 1.29 is 0 Å². The second-order valence-electron chi connectivity index (χ2n) is 5.41. The van der Waals surface area contributed by atoms with Gasteiger partial charge in [0.25, 0.3) is 0 Å². The van der Waals surface area contributed by atoms with E-state index in [-0.39, 0.29) is 0 Å². The molecular formula is C15H25ClN2. The van der Waals surface area contributed by atoms with Gasteiger partial charge in [0.15, 0.2) is 0 Å². The molecule has 1 aromatic rings. The lowest BCUT2D eigenvalue weighted by Crippen LogP contribution is -2.30. The predicted octanol–water partition coefficient (Wildman–Crippen LogP) is 3.71. The van der Waals surface area contributed by atoms with Crippen LogP contribution in [0.15, 0.2) is 18.2 Å². The first kappa shape index (κ1) is 15.3. The molecule has 0 bridgehead atoms. The number of nitrogens with zero attached hydrogens (tertiary/aromatic N) is 1. The third kappa shape index (κ3) is 4.18. The number of anilines is 1. The summed E-state index contributed by atoms with van der Waals surface area (Å²) in [6.45, 7) is 7.39. The fraction of sp³-hybridized carbons (Fsp3) is 0.600. The molecule has 3 heteroatoms. The molecule has 1 aromatic carbocycles. The van der Waals surface area contributed by atoms with Crippen LogP contribution in [0.2, 0.25) is 5.02 Å². The molecule has 0 aromatic heterocycles. The van der Waals surface area contributed by atoms with E-state index in [2.05, 4.69) is 44.9 Å². The summed E-state index contributed by atoms with van der Waals surface area (Å²) in [6.07, 6.45) is 2.04. The van der Waals surface area contributed by atoms with Crippen LogP contribution < -0.4 is 10.6 Å². The van der Waals surface area contributed by atoms with Crippen LogP contribution in [0.3, 0.4) is 0 Å². The summed E-state index contributed by atoms with van der Waals surface area (Å²) < 4.78 is 0. The normalized spacial score (nSPS) is 12.8. The molecule has 0 saturated heterocycles. The van der Waals surface area contributed by atoms with Crippen molar-refractivity contribution in [2.75, 3.05) is 18.5 Å². The Labute approximate surface area is 116 Å². The molecule has 1 unspecified atom stereocenters. The molecule has 0 aliphatic heterocycles. The van der Waals surface area contributed by atoms with Crippen LogP contribution in [-0.2, 0) is 6.42 Å². The highest BCUT2D eigenvalue weighted by atomic mass is 35.5. The molecule has 0 aliphatic carbocycles. The highest BCUT2D eigenvalue weighted by molar-refractivity contribution is 6.33. The van der Waals surface area contributed by atoms with Crippen molar-refractivity contribution >= 4 is 17.3 Å². The Kier molecular flexibility index (Phi) is 5.97. The van der Waals surface area contributed by atoms with E-state index in [1.165, 1.54) is 5.56 Å². The minimum atomic E-state index is 0.489. The predicted molar refractivity (Wildman–Crippen MR) is 81.5 cm³/mol. The fourth-order valence-electron chi connectivity index (χ4n) is 2.24. The monoisotopic (exact) mass is 268 g/mol. The average Bonchev–Trinajstić information content (AvgIpc) is 2.28. The van der Waals surface area contributed by atoms with Gasteiger partial charge in [-0.05, 0) is 49.9 Å². The van der Waals surface area contributed by atoms with Crippen LogP contribution in [0.5, 0.6) is 0 Å². The molecule has 1 rings (SSSR count). The summed E-state index contributed by atoms with van der Waals surface area (Å²) in [5, 5.41) is 0.819. The van der Waals surface area contributed by atoms with Gasteiger partial charge < -0.3 is 10.6 Å². The van der Waals surface area contributed by atoms with E-state index < -0.39 is 0 Å². The van der Waals surface area contributed by atoms with Crippen LogP contribution >= 0.6 is 11.6 Å². The molecule has 0 aliphatic rings. The Morgan fingerprint density at radius 1 is 1.28 bits per heavy atom. The third-order valence-corrected chi connectivity index (χ3v) is 3.60. The van der Waals surface area contributed by atoms with Crippen LogP contribution in [-0.4, -0.2) is 19.6 Å². The second kappa shape index (κ2) is 7.01. The smallest absolute Gasteiger partial charge is 0.0642 e. The topological polar surface area (TPSA) is 29.3 Å². The first-order chi connectivity index (χ1) is 8.45. The molecule has 0 saturated carbocycles. The minimum absolute atomic E-state index is 0.489. The van der Waals surface area contributed by atoms with Gasteiger partial charge in [-0.3, -0.25) is 0 Å². The lowest BCUT2D eigenvalue weighted by Gasteiger charge is -2.29. The van der Waals surface area contributed by atoms with Gasteiger partial charge in [0.05, 0.1) is 10.7 Å². The number of hydrogen-bond acceptors (Lipinski definition) is 2. The van der Waals surface area contributed by atoms with Crippen LogP contribution in [0.1, 0.15) is 32.8 Å². The fourth-order valence-corrected chi connectivity index (χ4v) is 2.57. The summed E-state index contributed by atoms with van der Waals surface area (Å²) in [7, 11) is 2.11. The maximum Gasteiger partial charge on any atom is 0.0642 e. The van der Waals surface area contributed by atoms with Crippen molar-refractivity contribution in [2.45, 2.75) is 39.7 Å². The Bertz CT molecular complexity index is 377. The highest BCUT2D eigenvalue weighted by Gasteiger charge is 2.14. The van der Waals surface area contributed by atoms with Gasteiger partial charge >= 0.3 is 0 Å². The van der Waals surface area contributed by atoms with E-state index in [9.17, 15) is 0 Å². The van der Waals surface area contributed by atoms with E-state index >= 15 is 0 Å². The molecule has 0 heterocycles. The zero-order valence-corrected chi connectivity index (χ0v) is 12.7.